The molecule has 0 saturated carbocycles. The average molecular weight is 229 g/mol. The van der Waals surface area contributed by atoms with Crippen LogP contribution in [0.15, 0.2) is 24.3 Å². The first-order valence-corrected chi connectivity index (χ1v) is 6.23. The van der Waals surface area contributed by atoms with Gasteiger partial charge in [0.2, 0.25) is 0 Å². The Hall–Kier alpha value is -1.37. The number of hydrogen-bond donors (Lipinski definition) is 1. The molecule has 2 rings (SSSR count). The summed E-state index contributed by atoms with van der Waals surface area (Å²) in [5.41, 5.74) is 7.74. The molecule has 1 aromatic carbocycles. The molecule has 0 aliphatic carbocycles. The maximum atomic E-state index is 8.74. The monoisotopic (exact) mass is 229 g/mol. The number of nitriles is 1. The minimum Gasteiger partial charge on any atom is -0.330 e. The summed E-state index contributed by atoms with van der Waals surface area (Å²) in [5, 5.41) is 8.74. The van der Waals surface area contributed by atoms with Crippen LogP contribution in [0.25, 0.3) is 0 Å². The van der Waals surface area contributed by atoms with Crippen LogP contribution >= 0.6 is 0 Å². The summed E-state index contributed by atoms with van der Waals surface area (Å²) in [6, 6.07) is 10.0. The van der Waals surface area contributed by atoms with Gasteiger partial charge in [0.15, 0.2) is 0 Å². The Morgan fingerprint density at radius 2 is 2.12 bits per heavy atom. The fourth-order valence-corrected chi connectivity index (χ4v) is 2.43. The van der Waals surface area contributed by atoms with Crippen molar-refractivity contribution >= 4 is 0 Å². The molecular formula is C14H19N3. The Kier molecular flexibility index (Phi) is 4.13. The molecule has 1 aliphatic heterocycles. The lowest BCUT2D eigenvalue weighted by Crippen LogP contribution is -2.37. The van der Waals surface area contributed by atoms with Gasteiger partial charge in [0.05, 0.1) is 11.6 Å². The van der Waals surface area contributed by atoms with Gasteiger partial charge in [-0.25, -0.2) is 0 Å². The van der Waals surface area contributed by atoms with E-state index in [1.54, 1.807) is 0 Å². The van der Waals surface area contributed by atoms with Crippen LogP contribution in [0.1, 0.15) is 24.0 Å². The van der Waals surface area contributed by atoms with E-state index in [-0.39, 0.29) is 0 Å². The van der Waals surface area contributed by atoms with Gasteiger partial charge in [-0.1, -0.05) is 12.1 Å². The lowest BCUT2D eigenvalue weighted by molar-refractivity contribution is 0.171. The first kappa shape index (κ1) is 12.1. The molecule has 1 aliphatic rings. The summed E-state index contributed by atoms with van der Waals surface area (Å²) in [5.74, 6) is 0.655. The third kappa shape index (κ3) is 3.29. The molecule has 17 heavy (non-hydrogen) atoms. The van der Waals surface area contributed by atoms with Crippen molar-refractivity contribution in [1.29, 1.82) is 5.26 Å². The van der Waals surface area contributed by atoms with Gasteiger partial charge >= 0.3 is 0 Å². The van der Waals surface area contributed by atoms with Gasteiger partial charge < -0.3 is 5.73 Å². The van der Waals surface area contributed by atoms with E-state index in [0.29, 0.717) is 5.92 Å². The minimum atomic E-state index is 0.655. The second-order valence-electron chi connectivity index (χ2n) is 4.79. The Morgan fingerprint density at radius 1 is 1.35 bits per heavy atom. The zero-order chi connectivity index (χ0) is 12.1. The van der Waals surface area contributed by atoms with Gasteiger partial charge in [-0.2, -0.15) is 5.26 Å². The predicted molar refractivity (Wildman–Crippen MR) is 68.2 cm³/mol. The molecule has 1 saturated heterocycles. The summed E-state index contributed by atoms with van der Waals surface area (Å²) in [6.45, 7) is 4.04. The van der Waals surface area contributed by atoms with Gasteiger partial charge in [-0.3, -0.25) is 4.90 Å². The van der Waals surface area contributed by atoms with E-state index in [0.717, 1.165) is 31.7 Å². The van der Waals surface area contributed by atoms with E-state index in [9.17, 15) is 0 Å². The first-order chi connectivity index (χ1) is 8.31. The molecule has 1 heterocycles. The Balaban J connectivity index is 1.93. The smallest absolute Gasteiger partial charge is 0.0991 e. The number of piperidine rings is 1. The van der Waals surface area contributed by atoms with E-state index in [1.807, 2.05) is 24.3 Å². The summed E-state index contributed by atoms with van der Waals surface area (Å²) in [7, 11) is 0. The largest absolute Gasteiger partial charge is 0.330 e. The number of nitrogens with zero attached hydrogens (tertiary/aromatic N) is 2. The molecule has 90 valence electrons. The van der Waals surface area contributed by atoms with Crippen LogP contribution < -0.4 is 5.73 Å². The molecule has 0 unspecified atom stereocenters. The van der Waals surface area contributed by atoms with E-state index in [4.69, 9.17) is 11.0 Å². The highest BCUT2D eigenvalue weighted by Crippen LogP contribution is 2.17. The van der Waals surface area contributed by atoms with Crippen molar-refractivity contribution in [2.45, 2.75) is 19.4 Å². The van der Waals surface area contributed by atoms with Gasteiger partial charge in [0, 0.05) is 13.1 Å². The molecule has 1 fully saturated rings. The fourth-order valence-electron chi connectivity index (χ4n) is 2.43. The van der Waals surface area contributed by atoms with E-state index >= 15 is 0 Å². The molecule has 1 aromatic rings. The van der Waals surface area contributed by atoms with E-state index < -0.39 is 0 Å². The molecule has 2 N–H and O–H groups in total. The third-order valence-electron chi connectivity index (χ3n) is 3.43. The van der Waals surface area contributed by atoms with Gasteiger partial charge in [0.25, 0.3) is 0 Å². The Bertz CT molecular complexity index is 391. The van der Waals surface area contributed by atoms with Crippen molar-refractivity contribution in [3.05, 3.63) is 35.4 Å². The summed E-state index contributed by atoms with van der Waals surface area (Å²) in [4.78, 5) is 2.46. The van der Waals surface area contributed by atoms with Crippen molar-refractivity contribution in [1.82, 2.24) is 4.90 Å². The van der Waals surface area contributed by atoms with Crippen LogP contribution in [0.3, 0.4) is 0 Å². The normalized spacial score (nSPS) is 21.1. The van der Waals surface area contributed by atoms with Crippen LogP contribution in [-0.4, -0.2) is 24.5 Å². The summed E-state index contributed by atoms with van der Waals surface area (Å²) in [6.07, 6.45) is 2.51. The third-order valence-corrected chi connectivity index (χ3v) is 3.43. The zero-order valence-corrected chi connectivity index (χ0v) is 10.1. The molecule has 0 amide bonds. The molecule has 0 radical (unpaired) electrons. The topological polar surface area (TPSA) is 53.0 Å². The quantitative estimate of drug-likeness (QED) is 0.858. The lowest BCUT2D eigenvalue weighted by atomic mass is 9.98. The molecule has 0 bridgehead atoms. The van der Waals surface area contributed by atoms with Crippen LogP contribution in [0.5, 0.6) is 0 Å². The van der Waals surface area contributed by atoms with Crippen LogP contribution in [0, 0.1) is 17.2 Å². The zero-order valence-electron chi connectivity index (χ0n) is 10.1. The molecule has 0 aromatic heterocycles. The predicted octanol–water partition coefficient (Wildman–Crippen LogP) is 1.73. The van der Waals surface area contributed by atoms with Crippen LogP contribution in [-0.2, 0) is 6.54 Å². The number of nitrogens with two attached hydrogens (primary N) is 1. The standard InChI is InChI=1S/C14H19N3/c15-8-12-3-5-13(6-4-12)10-17-7-1-2-14(9-16)11-17/h3-6,14H,1-2,7,9-11,16H2/t14-/m1/s1. The molecule has 3 nitrogen and oxygen atoms in total. The van der Waals surface area contributed by atoms with Gasteiger partial charge in [-0.15, -0.1) is 0 Å². The van der Waals surface area contributed by atoms with E-state index in [2.05, 4.69) is 11.0 Å². The van der Waals surface area contributed by atoms with Gasteiger partial charge in [-0.05, 0) is 49.5 Å². The SMILES string of the molecule is N#Cc1ccc(CN2CCC[C@H](CN)C2)cc1. The van der Waals surface area contributed by atoms with Crippen molar-refractivity contribution in [2.24, 2.45) is 11.7 Å². The van der Waals surface area contributed by atoms with Crippen molar-refractivity contribution < 1.29 is 0 Å². The molecular weight excluding hydrogens is 210 g/mol. The number of benzene rings is 1. The van der Waals surface area contributed by atoms with Crippen molar-refractivity contribution in [3.8, 4) is 6.07 Å². The number of hydrogen-bond acceptors (Lipinski definition) is 3. The van der Waals surface area contributed by atoms with Crippen LogP contribution in [0.2, 0.25) is 0 Å². The number of likely N-dealkylation sites (tertiary alicyclic amines) is 1. The Labute approximate surface area is 103 Å². The highest BCUT2D eigenvalue weighted by Gasteiger charge is 2.18. The molecule has 3 heteroatoms. The summed E-state index contributed by atoms with van der Waals surface area (Å²) < 4.78 is 0. The lowest BCUT2D eigenvalue weighted by Gasteiger charge is -2.32. The van der Waals surface area contributed by atoms with Crippen molar-refractivity contribution in [2.75, 3.05) is 19.6 Å². The second kappa shape index (κ2) is 5.81. The second-order valence-corrected chi connectivity index (χ2v) is 4.79. The first-order valence-electron chi connectivity index (χ1n) is 6.23. The fraction of sp³-hybridized carbons (Fsp3) is 0.500. The minimum absolute atomic E-state index is 0.655. The highest BCUT2D eigenvalue weighted by atomic mass is 15.1. The van der Waals surface area contributed by atoms with Crippen LogP contribution in [0.4, 0.5) is 0 Å². The molecule has 1 atom stereocenters. The van der Waals surface area contributed by atoms with E-state index in [1.165, 1.54) is 18.4 Å². The van der Waals surface area contributed by atoms with Crippen molar-refractivity contribution in [3.63, 3.8) is 0 Å². The highest BCUT2D eigenvalue weighted by molar-refractivity contribution is 5.31. The summed E-state index contributed by atoms with van der Waals surface area (Å²) >= 11 is 0. The number of rotatable bonds is 3. The Morgan fingerprint density at radius 3 is 2.76 bits per heavy atom. The van der Waals surface area contributed by atoms with Gasteiger partial charge in [0.1, 0.15) is 0 Å². The average Bonchev–Trinajstić information content (AvgIpc) is 2.40. The maximum absolute atomic E-state index is 8.74. The molecule has 0 spiro atoms. The maximum Gasteiger partial charge on any atom is 0.0991 e.